The maximum Gasteiger partial charge on any atom is 0.223 e. The molecule has 2 aliphatic rings. The third-order valence-electron chi connectivity index (χ3n) is 7.68. The third-order valence-corrected chi connectivity index (χ3v) is 7.93. The zero-order valence-corrected chi connectivity index (χ0v) is 25.4. The molecule has 5 rings (SSSR count). The first-order valence-electron chi connectivity index (χ1n) is 14.1. The van der Waals surface area contributed by atoms with Gasteiger partial charge in [-0.3, -0.25) is 9.59 Å². The van der Waals surface area contributed by atoms with Crippen molar-refractivity contribution < 1.29 is 28.5 Å². The van der Waals surface area contributed by atoms with Crippen molar-refractivity contribution in [1.29, 1.82) is 0 Å². The molecule has 2 saturated heterocycles. The molecule has 0 saturated carbocycles. The van der Waals surface area contributed by atoms with Crippen LogP contribution in [0.5, 0.6) is 23.0 Å². The molecule has 2 heterocycles. The van der Waals surface area contributed by atoms with Gasteiger partial charge in [0.2, 0.25) is 11.8 Å². The van der Waals surface area contributed by atoms with E-state index in [9.17, 15) is 9.59 Å². The third kappa shape index (κ3) is 7.29. The SMILES string of the molecule is COc1cccc(OC)c1C1CCCC(=O)N1.COc1cccc(OC)c1C1CCCC(=O)N1Cc1ccc(Cl)cc1. The summed E-state index contributed by atoms with van der Waals surface area (Å²) in [6.07, 6.45) is 4.74. The lowest BCUT2D eigenvalue weighted by Crippen LogP contribution is -2.38. The van der Waals surface area contributed by atoms with Crippen molar-refractivity contribution in [2.75, 3.05) is 28.4 Å². The van der Waals surface area contributed by atoms with Crippen LogP contribution in [0.25, 0.3) is 0 Å². The number of ether oxygens (including phenoxy) is 4. The summed E-state index contributed by atoms with van der Waals surface area (Å²) in [7, 11) is 6.55. The van der Waals surface area contributed by atoms with Crippen LogP contribution in [0.2, 0.25) is 5.02 Å². The number of amides is 2. The van der Waals surface area contributed by atoms with Gasteiger partial charge in [-0.25, -0.2) is 0 Å². The molecule has 0 radical (unpaired) electrons. The molecular weight excluding hydrogens is 556 g/mol. The van der Waals surface area contributed by atoms with E-state index in [0.717, 1.165) is 65.4 Å². The van der Waals surface area contributed by atoms with Gasteiger partial charge in [0.05, 0.1) is 51.6 Å². The molecule has 0 aliphatic carbocycles. The second-order valence-corrected chi connectivity index (χ2v) is 10.7. The van der Waals surface area contributed by atoms with Crippen molar-refractivity contribution in [3.8, 4) is 23.0 Å². The number of nitrogens with one attached hydrogen (secondary N) is 1. The second kappa shape index (κ2) is 14.8. The van der Waals surface area contributed by atoms with Crippen molar-refractivity contribution >= 4 is 23.4 Å². The molecule has 0 aromatic heterocycles. The van der Waals surface area contributed by atoms with Crippen LogP contribution in [-0.4, -0.2) is 45.2 Å². The van der Waals surface area contributed by atoms with Gasteiger partial charge in [-0.2, -0.15) is 0 Å². The van der Waals surface area contributed by atoms with Crippen LogP contribution in [-0.2, 0) is 16.1 Å². The van der Waals surface area contributed by atoms with E-state index in [4.69, 9.17) is 30.5 Å². The minimum absolute atomic E-state index is 0.0117. The zero-order valence-electron chi connectivity index (χ0n) is 24.7. The molecule has 42 heavy (non-hydrogen) atoms. The van der Waals surface area contributed by atoms with Gasteiger partial charge in [0.25, 0.3) is 0 Å². The van der Waals surface area contributed by atoms with E-state index >= 15 is 0 Å². The maximum absolute atomic E-state index is 12.7. The summed E-state index contributed by atoms with van der Waals surface area (Å²) in [4.78, 5) is 26.0. The lowest BCUT2D eigenvalue weighted by molar-refractivity contribution is -0.137. The van der Waals surface area contributed by atoms with Gasteiger partial charge < -0.3 is 29.2 Å². The number of benzene rings is 3. The van der Waals surface area contributed by atoms with Crippen LogP contribution in [0.1, 0.15) is 67.3 Å². The number of hydrogen-bond acceptors (Lipinski definition) is 6. The number of rotatable bonds is 8. The van der Waals surface area contributed by atoms with Gasteiger partial charge in [0, 0.05) is 24.4 Å². The summed E-state index contributed by atoms with van der Waals surface area (Å²) in [5.74, 6) is 3.27. The van der Waals surface area contributed by atoms with E-state index in [1.165, 1.54) is 0 Å². The monoisotopic (exact) mass is 594 g/mol. The fourth-order valence-corrected chi connectivity index (χ4v) is 5.78. The molecule has 2 amide bonds. The Bertz CT molecular complexity index is 1320. The highest BCUT2D eigenvalue weighted by Crippen LogP contribution is 2.42. The molecule has 2 atom stereocenters. The van der Waals surface area contributed by atoms with Crippen molar-refractivity contribution in [1.82, 2.24) is 10.2 Å². The van der Waals surface area contributed by atoms with Gasteiger partial charge in [0.15, 0.2) is 0 Å². The standard InChI is InChI=1S/C20H22ClNO3.C13H17NO3/c1-24-17-6-4-7-18(25-2)20(17)16-5-3-8-19(23)22(16)13-14-9-11-15(21)12-10-14;1-16-10-6-4-7-11(17-2)13(10)9-5-3-8-12(15)14-9/h4,6-7,9-12,16H,3,5,8,13H2,1-2H3;4,6-7,9H,3,5,8H2,1-2H3,(H,14,15). The van der Waals surface area contributed by atoms with E-state index in [-0.39, 0.29) is 23.9 Å². The van der Waals surface area contributed by atoms with Crippen molar-refractivity contribution in [2.45, 2.75) is 57.2 Å². The molecule has 8 nitrogen and oxygen atoms in total. The summed E-state index contributed by atoms with van der Waals surface area (Å²) < 4.78 is 21.8. The Morgan fingerprint density at radius 1 is 0.738 bits per heavy atom. The fourth-order valence-electron chi connectivity index (χ4n) is 5.66. The Labute approximate surface area is 252 Å². The minimum Gasteiger partial charge on any atom is -0.496 e. The number of methoxy groups -OCH3 is 4. The Kier molecular flexibility index (Phi) is 11.0. The van der Waals surface area contributed by atoms with Crippen LogP contribution in [0, 0.1) is 0 Å². The predicted molar refractivity (Wildman–Crippen MR) is 162 cm³/mol. The highest BCUT2D eigenvalue weighted by Gasteiger charge is 2.33. The topological polar surface area (TPSA) is 86.3 Å². The van der Waals surface area contributed by atoms with E-state index in [0.29, 0.717) is 24.4 Å². The number of carbonyl (C=O) groups excluding carboxylic acids is 2. The Morgan fingerprint density at radius 3 is 1.79 bits per heavy atom. The predicted octanol–water partition coefficient (Wildman–Crippen LogP) is 6.66. The smallest absolute Gasteiger partial charge is 0.223 e. The average Bonchev–Trinajstić information content (AvgIpc) is 3.02. The number of halogens is 1. The van der Waals surface area contributed by atoms with Gasteiger partial charge in [-0.1, -0.05) is 35.9 Å². The molecule has 0 spiro atoms. The molecule has 9 heteroatoms. The largest absolute Gasteiger partial charge is 0.496 e. The van der Waals surface area contributed by atoms with Crippen LogP contribution >= 0.6 is 11.6 Å². The maximum atomic E-state index is 12.7. The highest BCUT2D eigenvalue weighted by molar-refractivity contribution is 6.30. The summed E-state index contributed by atoms with van der Waals surface area (Å²) in [5.41, 5.74) is 2.93. The molecule has 1 N–H and O–H groups in total. The first-order valence-corrected chi connectivity index (χ1v) is 14.5. The van der Waals surface area contributed by atoms with E-state index in [1.54, 1.807) is 28.4 Å². The number of nitrogens with zero attached hydrogens (tertiary/aromatic N) is 1. The Hall–Kier alpha value is -3.91. The van der Waals surface area contributed by atoms with Crippen molar-refractivity contribution in [3.05, 3.63) is 82.4 Å². The average molecular weight is 595 g/mol. The molecular formula is C33H39ClN2O6. The molecule has 224 valence electrons. The minimum atomic E-state index is -0.0666. The molecule has 2 aliphatic heterocycles. The number of likely N-dealkylation sites (tertiary alicyclic amines) is 1. The van der Waals surface area contributed by atoms with Gasteiger partial charge in [-0.05, 0) is 67.6 Å². The molecule has 3 aromatic carbocycles. The molecule has 2 unspecified atom stereocenters. The number of carbonyl (C=O) groups is 2. The van der Waals surface area contributed by atoms with Gasteiger partial charge >= 0.3 is 0 Å². The van der Waals surface area contributed by atoms with Crippen LogP contribution in [0.4, 0.5) is 0 Å². The van der Waals surface area contributed by atoms with E-state index < -0.39 is 0 Å². The van der Waals surface area contributed by atoms with Crippen molar-refractivity contribution in [3.63, 3.8) is 0 Å². The van der Waals surface area contributed by atoms with Crippen LogP contribution < -0.4 is 24.3 Å². The lowest BCUT2D eigenvalue weighted by Gasteiger charge is -2.37. The first kappa shape index (κ1) is 31.0. The Morgan fingerprint density at radius 2 is 1.26 bits per heavy atom. The van der Waals surface area contributed by atoms with Gasteiger partial charge in [0.1, 0.15) is 23.0 Å². The molecule has 3 aromatic rings. The zero-order chi connectivity index (χ0) is 30.1. The first-order chi connectivity index (χ1) is 20.4. The van der Waals surface area contributed by atoms with Crippen LogP contribution in [0.15, 0.2) is 60.7 Å². The quantitative estimate of drug-likeness (QED) is 0.314. The number of piperidine rings is 2. The summed E-state index contributed by atoms with van der Waals surface area (Å²) in [6.45, 7) is 0.544. The van der Waals surface area contributed by atoms with Crippen molar-refractivity contribution in [2.24, 2.45) is 0 Å². The Balaban J connectivity index is 0.000000208. The van der Waals surface area contributed by atoms with Crippen LogP contribution in [0.3, 0.4) is 0 Å². The van der Waals surface area contributed by atoms with E-state index in [1.807, 2.05) is 65.6 Å². The molecule has 0 bridgehead atoms. The lowest BCUT2D eigenvalue weighted by atomic mass is 9.92. The highest BCUT2D eigenvalue weighted by atomic mass is 35.5. The summed E-state index contributed by atoms with van der Waals surface area (Å²) in [6, 6.07) is 18.9. The normalized spacial score (nSPS) is 18.4. The molecule has 2 fully saturated rings. The summed E-state index contributed by atoms with van der Waals surface area (Å²) in [5, 5.41) is 3.67. The second-order valence-electron chi connectivity index (χ2n) is 10.2. The van der Waals surface area contributed by atoms with Gasteiger partial charge in [-0.15, -0.1) is 0 Å². The van der Waals surface area contributed by atoms with E-state index in [2.05, 4.69) is 5.32 Å². The number of hydrogen-bond donors (Lipinski definition) is 1. The fraction of sp³-hybridized carbons (Fsp3) is 0.394. The summed E-state index contributed by atoms with van der Waals surface area (Å²) >= 11 is 5.97.